The molecule has 11 atom stereocenters. The van der Waals surface area contributed by atoms with Crippen molar-refractivity contribution in [2.24, 2.45) is 0 Å². The topological polar surface area (TPSA) is 95.8 Å². The molecule has 41 heavy (non-hydrogen) atoms. The third kappa shape index (κ3) is 5.68. The number of fused-ring (bicyclic) bond motifs is 5. The zero-order chi connectivity index (χ0) is 27.8. The van der Waals surface area contributed by atoms with Gasteiger partial charge in [-0.1, -0.05) is 72.9 Å². The minimum absolute atomic E-state index is 0.134. The van der Waals surface area contributed by atoms with Gasteiger partial charge in [-0.05, 0) is 35.2 Å². The first kappa shape index (κ1) is 27.4. The summed E-state index contributed by atoms with van der Waals surface area (Å²) in [6.45, 7) is 0.675. The average molecular weight is 563 g/mol. The number of hydrogen-bond donors (Lipinski definition) is 2. The van der Waals surface area contributed by atoms with Crippen molar-refractivity contribution in [2.75, 3.05) is 13.2 Å². The molecule has 2 aromatic carbocycles. The molecule has 7 rings (SSSR count). The minimum Gasteiger partial charge on any atom is -0.394 e. The number of ether oxygens (including phenoxy) is 6. The molecule has 0 radical (unpaired) electrons. The number of aliphatic hydroxyl groups is 2. The van der Waals surface area contributed by atoms with E-state index in [1.807, 2.05) is 30.4 Å². The molecule has 5 heterocycles. The fourth-order valence-corrected chi connectivity index (χ4v) is 6.72. The molecule has 2 aromatic rings. The van der Waals surface area contributed by atoms with Gasteiger partial charge in [-0.2, -0.15) is 0 Å². The highest BCUT2D eigenvalue weighted by Crippen LogP contribution is 2.40. The van der Waals surface area contributed by atoms with E-state index in [0.29, 0.717) is 26.1 Å². The van der Waals surface area contributed by atoms with Crippen LogP contribution in [0.15, 0.2) is 78.9 Å². The van der Waals surface area contributed by atoms with Crippen LogP contribution in [-0.4, -0.2) is 90.6 Å². The van der Waals surface area contributed by atoms with Gasteiger partial charge in [0.25, 0.3) is 0 Å². The van der Waals surface area contributed by atoms with Crippen LogP contribution < -0.4 is 0 Å². The molecule has 2 saturated heterocycles. The molecule has 218 valence electrons. The molecule has 8 heteroatoms. The maximum Gasteiger partial charge on any atom is 0.115 e. The normalized spacial score (nSPS) is 41.1. The second-order valence-corrected chi connectivity index (χ2v) is 11.6. The molecule has 0 aliphatic carbocycles. The number of hydrogen-bond acceptors (Lipinski definition) is 8. The predicted molar refractivity (Wildman–Crippen MR) is 151 cm³/mol. The standard InChI is InChI=1S/C33H38O8/c34-18-30-23(35)8-5-10-24-25(39-30)13-14-26-28(38-24)17-29-32(41-26)33(31-27(40-29)9-3-4-15-36-31)37-19-20-11-12-21-6-1-2-7-22(21)16-20/h1-8,11-14,16,23-35H,9-10,15,17-19H2/b8-5-/t23-,24-,25+,26-,27+,28+,29-,30-,31+,32-,33-/m1/s1. The monoisotopic (exact) mass is 562 g/mol. The van der Waals surface area contributed by atoms with E-state index in [0.717, 1.165) is 12.0 Å². The predicted octanol–water partition coefficient (Wildman–Crippen LogP) is 3.39. The van der Waals surface area contributed by atoms with E-state index in [1.54, 1.807) is 6.08 Å². The van der Waals surface area contributed by atoms with Crippen molar-refractivity contribution in [3.8, 4) is 0 Å². The minimum atomic E-state index is -0.866. The quantitative estimate of drug-likeness (QED) is 0.548. The Hall–Kier alpha value is -2.40. The first-order valence-electron chi connectivity index (χ1n) is 14.8. The summed E-state index contributed by atoms with van der Waals surface area (Å²) in [5, 5.41) is 22.5. The van der Waals surface area contributed by atoms with Crippen molar-refractivity contribution >= 4 is 10.8 Å². The Labute approximate surface area is 240 Å². The van der Waals surface area contributed by atoms with E-state index in [-0.39, 0.29) is 55.4 Å². The van der Waals surface area contributed by atoms with Crippen LogP contribution in [0.2, 0.25) is 0 Å². The van der Waals surface area contributed by atoms with Crippen LogP contribution in [0.1, 0.15) is 24.8 Å². The van der Waals surface area contributed by atoms with Crippen molar-refractivity contribution in [3.63, 3.8) is 0 Å². The van der Waals surface area contributed by atoms with Crippen molar-refractivity contribution in [1.82, 2.24) is 0 Å². The lowest BCUT2D eigenvalue weighted by molar-refractivity contribution is -0.295. The van der Waals surface area contributed by atoms with Crippen LogP contribution in [0.4, 0.5) is 0 Å². The molecule has 5 aliphatic heterocycles. The molecule has 0 spiro atoms. The van der Waals surface area contributed by atoms with Gasteiger partial charge in [-0.15, -0.1) is 0 Å². The first-order chi connectivity index (χ1) is 20.2. The van der Waals surface area contributed by atoms with Crippen molar-refractivity contribution in [3.05, 3.63) is 84.5 Å². The Morgan fingerprint density at radius 1 is 0.756 bits per heavy atom. The fourth-order valence-electron chi connectivity index (χ4n) is 6.72. The van der Waals surface area contributed by atoms with E-state index in [1.165, 1.54) is 10.8 Å². The zero-order valence-corrected chi connectivity index (χ0v) is 22.9. The van der Waals surface area contributed by atoms with Gasteiger partial charge >= 0.3 is 0 Å². The maximum absolute atomic E-state index is 10.3. The number of rotatable bonds is 4. The van der Waals surface area contributed by atoms with Gasteiger partial charge in [0.1, 0.15) is 42.7 Å². The SMILES string of the molecule is OC[C@H]1O[C@H]2C=C[C@H]3O[C@H]4[C@H](OCc5ccc6ccccc6c5)[C@H]5OCC=CC[C@@H]5O[C@@H]4C[C@@H]3O[C@@H]2C/C=C\[C@H]1O. The van der Waals surface area contributed by atoms with E-state index in [2.05, 4.69) is 42.5 Å². The maximum atomic E-state index is 10.3. The molecule has 0 unspecified atom stereocenters. The molecule has 2 fully saturated rings. The third-order valence-electron chi connectivity index (χ3n) is 8.85. The second kappa shape index (κ2) is 12.1. The average Bonchev–Trinajstić information content (AvgIpc) is 3.32. The lowest BCUT2D eigenvalue weighted by Gasteiger charge is -2.50. The van der Waals surface area contributed by atoms with Crippen LogP contribution >= 0.6 is 0 Å². The van der Waals surface area contributed by atoms with Gasteiger partial charge in [-0.25, -0.2) is 0 Å². The lowest BCUT2D eigenvalue weighted by atomic mass is 9.87. The van der Waals surface area contributed by atoms with E-state index >= 15 is 0 Å². The lowest BCUT2D eigenvalue weighted by Crippen LogP contribution is -2.64. The molecule has 0 aromatic heterocycles. The first-order valence-corrected chi connectivity index (χ1v) is 14.8. The van der Waals surface area contributed by atoms with Gasteiger partial charge in [0.05, 0.1) is 44.2 Å². The van der Waals surface area contributed by atoms with Gasteiger partial charge < -0.3 is 38.6 Å². The van der Waals surface area contributed by atoms with Gasteiger partial charge in [0.2, 0.25) is 0 Å². The fraction of sp³-hybridized carbons (Fsp3) is 0.515. The van der Waals surface area contributed by atoms with Crippen LogP contribution in [0.5, 0.6) is 0 Å². The summed E-state index contributed by atoms with van der Waals surface area (Å²) in [5.74, 6) is 0. The van der Waals surface area contributed by atoms with Crippen LogP contribution in [-0.2, 0) is 35.0 Å². The Morgan fingerprint density at radius 2 is 1.56 bits per heavy atom. The molecule has 8 nitrogen and oxygen atoms in total. The summed E-state index contributed by atoms with van der Waals surface area (Å²) < 4.78 is 39.0. The molecule has 0 amide bonds. The molecular formula is C33H38O8. The van der Waals surface area contributed by atoms with Crippen LogP contribution in [0, 0.1) is 0 Å². The summed E-state index contributed by atoms with van der Waals surface area (Å²) in [7, 11) is 0. The Morgan fingerprint density at radius 3 is 2.44 bits per heavy atom. The Bertz CT molecular complexity index is 1290. The Balaban J connectivity index is 1.12. The molecular weight excluding hydrogens is 524 g/mol. The highest BCUT2D eigenvalue weighted by molar-refractivity contribution is 5.82. The number of aliphatic hydroxyl groups excluding tert-OH is 2. The smallest absolute Gasteiger partial charge is 0.115 e. The highest BCUT2D eigenvalue weighted by atomic mass is 16.6. The van der Waals surface area contributed by atoms with Crippen molar-refractivity contribution in [1.29, 1.82) is 0 Å². The molecule has 0 saturated carbocycles. The van der Waals surface area contributed by atoms with Crippen molar-refractivity contribution < 1.29 is 38.6 Å². The van der Waals surface area contributed by atoms with Crippen LogP contribution in [0.3, 0.4) is 0 Å². The van der Waals surface area contributed by atoms with E-state index in [4.69, 9.17) is 28.4 Å². The summed E-state index contributed by atoms with van der Waals surface area (Å²) in [6, 6.07) is 14.8. The summed E-state index contributed by atoms with van der Waals surface area (Å²) in [4.78, 5) is 0. The summed E-state index contributed by atoms with van der Waals surface area (Å²) in [5.41, 5.74) is 1.10. The summed E-state index contributed by atoms with van der Waals surface area (Å²) >= 11 is 0. The van der Waals surface area contributed by atoms with Crippen LogP contribution in [0.25, 0.3) is 10.8 Å². The Kier molecular flexibility index (Phi) is 8.08. The van der Waals surface area contributed by atoms with Crippen molar-refractivity contribution in [2.45, 2.75) is 93.0 Å². The molecule has 5 aliphatic rings. The van der Waals surface area contributed by atoms with E-state index in [9.17, 15) is 10.2 Å². The second-order valence-electron chi connectivity index (χ2n) is 11.6. The van der Waals surface area contributed by atoms with E-state index < -0.39 is 18.3 Å². The van der Waals surface area contributed by atoms with Gasteiger partial charge in [0, 0.05) is 6.42 Å². The van der Waals surface area contributed by atoms with Gasteiger partial charge in [0.15, 0.2) is 0 Å². The largest absolute Gasteiger partial charge is 0.394 e. The summed E-state index contributed by atoms with van der Waals surface area (Å²) in [6.07, 6.45) is 9.64. The van der Waals surface area contributed by atoms with Gasteiger partial charge in [-0.3, -0.25) is 0 Å². The number of benzene rings is 2. The zero-order valence-electron chi connectivity index (χ0n) is 22.9. The third-order valence-corrected chi connectivity index (χ3v) is 8.85. The highest BCUT2D eigenvalue weighted by Gasteiger charge is 2.53. The molecule has 0 bridgehead atoms. The molecule has 2 N–H and O–H groups in total.